The molecule has 0 aliphatic carbocycles. The van der Waals surface area contributed by atoms with Crippen LogP contribution in [0, 0.1) is 13.8 Å². The number of rotatable bonds is 3. The summed E-state index contributed by atoms with van der Waals surface area (Å²) in [4.78, 5) is 14.1. The molecule has 1 aliphatic heterocycles. The number of benzene rings is 1. The second kappa shape index (κ2) is 5.74. The minimum atomic E-state index is 0.162. The van der Waals surface area contributed by atoms with E-state index in [9.17, 15) is 0 Å². The van der Waals surface area contributed by atoms with Gasteiger partial charge < -0.3 is 4.57 Å². The van der Waals surface area contributed by atoms with Gasteiger partial charge in [0.15, 0.2) is 11.5 Å². The molecule has 0 saturated heterocycles. The van der Waals surface area contributed by atoms with E-state index >= 15 is 0 Å². The molecule has 5 rings (SSSR count). The molecule has 27 heavy (non-hydrogen) atoms. The maximum Gasteiger partial charge on any atom is 0.177 e. The predicted octanol–water partition coefficient (Wildman–Crippen LogP) is 3.87. The molecule has 4 heterocycles. The predicted molar refractivity (Wildman–Crippen MR) is 104 cm³/mol. The highest BCUT2D eigenvalue weighted by atomic mass is 15.3. The maximum atomic E-state index is 4.96. The van der Waals surface area contributed by atoms with Crippen molar-refractivity contribution in [2.45, 2.75) is 46.1 Å². The second-order valence-corrected chi connectivity index (χ2v) is 7.54. The van der Waals surface area contributed by atoms with E-state index in [1.54, 1.807) is 0 Å². The molecule has 3 aromatic heterocycles. The van der Waals surface area contributed by atoms with Gasteiger partial charge in [-0.15, -0.1) is 0 Å². The third kappa shape index (κ3) is 2.40. The van der Waals surface area contributed by atoms with Crippen molar-refractivity contribution in [2.24, 2.45) is 0 Å². The minimum absolute atomic E-state index is 0.162. The molecule has 0 radical (unpaired) electrons. The summed E-state index contributed by atoms with van der Waals surface area (Å²) < 4.78 is 4.14. The zero-order valence-corrected chi connectivity index (χ0v) is 16.0. The molecule has 4 aromatic rings. The third-order valence-corrected chi connectivity index (χ3v) is 5.74. The number of hydrogen-bond donors (Lipinski definition) is 0. The van der Waals surface area contributed by atoms with Gasteiger partial charge >= 0.3 is 0 Å². The summed E-state index contributed by atoms with van der Waals surface area (Å²) in [5.41, 5.74) is 6.41. The van der Waals surface area contributed by atoms with Crippen molar-refractivity contribution in [3.05, 3.63) is 65.1 Å². The van der Waals surface area contributed by atoms with E-state index in [1.165, 1.54) is 11.1 Å². The van der Waals surface area contributed by atoms with Crippen LogP contribution in [0.4, 0.5) is 0 Å². The molecule has 0 N–H and O–H groups in total. The van der Waals surface area contributed by atoms with Crippen molar-refractivity contribution in [1.82, 2.24) is 29.1 Å². The molecule has 6 heteroatoms. The highest BCUT2D eigenvalue weighted by molar-refractivity contribution is 5.65. The van der Waals surface area contributed by atoms with E-state index in [0.29, 0.717) is 0 Å². The monoisotopic (exact) mass is 358 g/mol. The lowest BCUT2D eigenvalue weighted by molar-refractivity contribution is 0.576. The number of aryl methyl sites for hydroxylation is 2. The molecule has 2 atom stereocenters. The Bertz CT molecular complexity index is 1130. The largest absolute Gasteiger partial charge is 0.326 e. The Morgan fingerprint density at radius 3 is 2.67 bits per heavy atom. The molecule has 0 saturated carbocycles. The summed E-state index contributed by atoms with van der Waals surface area (Å²) in [6, 6.07) is 8.50. The summed E-state index contributed by atoms with van der Waals surface area (Å²) >= 11 is 0. The van der Waals surface area contributed by atoms with Crippen molar-refractivity contribution >= 4 is 5.65 Å². The molecule has 1 aliphatic rings. The molecule has 1 aromatic carbocycles. The molecule has 0 spiro atoms. The van der Waals surface area contributed by atoms with Gasteiger partial charge in [0.1, 0.15) is 5.82 Å². The molecular weight excluding hydrogens is 336 g/mol. The lowest BCUT2D eigenvalue weighted by Crippen LogP contribution is -2.08. The number of aromatic nitrogens is 6. The first-order valence-corrected chi connectivity index (χ1v) is 9.37. The van der Waals surface area contributed by atoms with Crippen molar-refractivity contribution in [2.75, 3.05) is 0 Å². The van der Waals surface area contributed by atoms with Crippen LogP contribution in [0.1, 0.15) is 54.2 Å². The summed E-state index contributed by atoms with van der Waals surface area (Å²) in [5.74, 6) is 2.30. The van der Waals surface area contributed by atoms with Crippen molar-refractivity contribution in [3.63, 3.8) is 0 Å². The highest BCUT2D eigenvalue weighted by Crippen LogP contribution is 2.36. The SMILES string of the molecule is Cc1ncc(C)n2nc([C@@H](C)[C@H](C)c3cn4c(n3)-c3ccccc3C4)nc12. The lowest BCUT2D eigenvalue weighted by Gasteiger charge is -2.14. The Hall–Kier alpha value is -3.02. The van der Waals surface area contributed by atoms with Crippen LogP contribution in [-0.2, 0) is 6.54 Å². The zero-order chi connectivity index (χ0) is 18.7. The van der Waals surface area contributed by atoms with Gasteiger partial charge in [0, 0.05) is 36.3 Å². The van der Waals surface area contributed by atoms with Gasteiger partial charge in [-0.25, -0.2) is 14.5 Å². The summed E-state index contributed by atoms with van der Waals surface area (Å²) in [5, 5.41) is 4.75. The summed E-state index contributed by atoms with van der Waals surface area (Å²) in [7, 11) is 0. The fourth-order valence-electron chi connectivity index (χ4n) is 3.83. The zero-order valence-electron chi connectivity index (χ0n) is 16.0. The fourth-order valence-corrected chi connectivity index (χ4v) is 3.83. The molecule has 6 nitrogen and oxygen atoms in total. The average Bonchev–Trinajstić information content (AvgIpc) is 3.36. The van der Waals surface area contributed by atoms with E-state index in [4.69, 9.17) is 15.1 Å². The summed E-state index contributed by atoms with van der Waals surface area (Å²) in [6.07, 6.45) is 4.02. The Kier molecular flexibility index (Phi) is 3.44. The Balaban J connectivity index is 1.50. The number of imidazole rings is 1. The second-order valence-electron chi connectivity index (χ2n) is 7.54. The highest BCUT2D eigenvalue weighted by Gasteiger charge is 2.27. The summed E-state index contributed by atoms with van der Waals surface area (Å²) in [6.45, 7) is 9.26. The van der Waals surface area contributed by atoms with E-state index < -0.39 is 0 Å². The van der Waals surface area contributed by atoms with E-state index in [1.807, 2.05) is 24.6 Å². The lowest BCUT2D eigenvalue weighted by atomic mass is 9.92. The van der Waals surface area contributed by atoms with Gasteiger partial charge in [0.05, 0.1) is 17.1 Å². The van der Waals surface area contributed by atoms with Crippen LogP contribution in [0.3, 0.4) is 0 Å². The fraction of sp³-hybridized carbons (Fsp3) is 0.333. The van der Waals surface area contributed by atoms with Gasteiger partial charge in [-0.1, -0.05) is 38.1 Å². The first-order valence-electron chi connectivity index (χ1n) is 9.37. The van der Waals surface area contributed by atoms with Crippen LogP contribution < -0.4 is 0 Å². The molecular formula is C21H22N6. The van der Waals surface area contributed by atoms with Crippen molar-refractivity contribution in [3.8, 4) is 11.4 Å². The first-order chi connectivity index (χ1) is 13.0. The molecule has 136 valence electrons. The number of hydrogen-bond acceptors (Lipinski definition) is 4. The maximum absolute atomic E-state index is 4.96. The Morgan fingerprint density at radius 1 is 1.04 bits per heavy atom. The molecule has 0 fully saturated rings. The van der Waals surface area contributed by atoms with Gasteiger partial charge in [-0.05, 0) is 19.4 Å². The quantitative estimate of drug-likeness (QED) is 0.491. The van der Waals surface area contributed by atoms with Gasteiger partial charge in [0.25, 0.3) is 0 Å². The average molecular weight is 358 g/mol. The Morgan fingerprint density at radius 2 is 1.85 bits per heavy atom. The number of fused-ring (bicyclic) bond motifs is 4. The number of nitrogens with zero attached hydrogens (tertiary/aromatic N) is 6. The van der Waals surface area contributed by atoms with Gasteiger partial charge in [0.2, 0.25) is 0 Å². The van der Waals surface area contributed by atoms with Crippen LogP contribution in [0.5, 0.6) is 0 Å². The van der Waals surface area contributed by atoms with Crippen LogP contribution in [0.2, 0.25) is 0 Å². The Labute approximate surface area is 157 Å². The minimum Gasteiger partial charge on any atom is -0.326 e. The van der Waals surface area contributed by atoms with Crippen LogP contribution in [0.25, 0.3) is 17.0 Å². The smallest absolute Gasteiger partial charge is 0.177 e. The molecule has 0 amide bonds. The van der Waals surface area contributed by atoms with Gasteiger partial charge in [-0.2, -0.15) is 5.10 Å². The van der Waals surface area contributed by atoms with E-state index in [-0.39, 0.29) is 11.8 Å². The molecule has 0 unspecified atom stereocenters. The van der Waals surface area contributed by atoms with Gasteiger partial charge in [-0.3, -0.25) is 4.98 Å². The molecule has 0 bridgehead atoms. The third-order valence-electron chi connectivity index (χ3n) is 5.74. The standard InChI is InChI=1S/C21H22N6/c1-12-9-22-15(4)20-24-19(25-27(12)20)14(3)13(2)18-11-26-10-16-7-5-6-8-17(16)21(26)23-18/h5-9,11,13-14H,10H2,1-4H3/t13-,14-/m0/s1. The van der Waals surface area contributed by atoms with Crippen molar-refractivity contribution < 1.29 is 0 Å². The van der Waals surface area contributed by atoms with Crippen LogP contribution in [-0.4, -0.2) is 29.1 Å². The van der Waals surface area contributed by atoms with E-state index in [2.05, 4.69) is 53.9 Å². The van der Waals surface area contributed by atoms with Crippen LogP contribution >= 0.6 is 0 Å². The van der Waals surface area contributed by atoms with Crippen molar-refractivity contribution in [1.29, 1.82) is 0 Å². The topological polar surface area (TPSA) is 60.9 Å². The first kappa shape index (κ1) is 16.2. The normalized spacial score (nSPS) is 15.0. The van der Waals surface area contributed by atoms with Crippen LogP contribution in [0.15, 0.2) is 36.7 Å². The van der Waals surface area contributed by atoms with E-state index in [0.717, 1.165) is 40.9 Å².